The summed E-state index contributed by atoms with van der Waals surface area (Å²) < 4.78 is 5.38. The van der Waals surface area contributed by atoms with Gasteiger partial charge < -0.3 is 10.5 Å². The third kappa shape index (κ3) is 5.19. The molecule has 0 bridgehead atoms. The standard InChI is InChI=1S/C17H28N2OS/c1-13-5-3-4-6-16(13)17(18)14(2)19-12-21-11-15-7-9-20-10-8-15/h12,15H,3-11,18H2,1-2H3/b17-14+,19-12?. The minimum absolute atomic E-state index is 0.778. The van der Waals surface area contributed by atoms with Crippen molar-refractivity contribution >= 4 is 17.3 Å². The Bertz CT molecular complexity index is 434. The van der Waals surface area contributed by atoms with Crippen LogP contribution < -0.4 is 5.73 Å². The van der Waals surface area contributed by atoms with E-state index < -0.39 is 0 Å². The lowest BCUT2D eigenvalue weighted by atomic mass is 9.90. The van der Waals surface area contributed by atoms with Gasteiger partial charge in [-0.3, -0.25) is 4.99 Å². The number of aliphatic imine (C=N–C) groups is 1. The molecule has 2 aliphatic rings. The molecule has 0 amide bonds. The van der Waals surface area contributed by atoms with Crippen LogP contribution in [-0.4, -0.2) is 24.5 Å². The van der Waals surface area contributed by atoms with E-state index in [-0.39, 0.29) is 0 Å². The maximum atomic E-state index is 6.29. The number of thioether (sulfide) groups is 1. The van der Waals surface area contributed by atoms with Crippen LogP contribution in [0.2, 0.25) is 0 Å². The SMILES string of the molecule is CC1=C(/C(N)=C(/C)N=CSCC2CCOCC2)CCCC1. The average Bonchev–Trinajstić information content (AvgIpc) is 2.52. The number of ether oxygens (including phenoxy) is 1. The molecule has 0 radical (unpaired) electrons. The Morgan fingerprint density at radius 1 is 1.33 bits per heavy atom. The van der Waals surface area contributed by atoms with Gasteiger partial charge in [0.05, 0.1) is 16.9 Å². The fourth-order valence-electron chi connectivity index (χ4n) is 2.92. The van der Waals surface area contributed by atoms with Crippen molar-refractivity contribution in [2.45, 2.75) is 52.4 Å². The highest BCUT2D eigenvalue weighted by Crippen LogP contribution is 2.29. The van der Waals surface area contributed by atoms with Gasteiger partial charge in [-0.25, -0.2) is 0 Å². The fourth-order valence-corrected chi connectivity index (χ4v) is 3.84. The molecule has 3 nitrogen and oxygen atoms in total. The number of nitrogens with zero attached hydrogens (tertiary/aromatic N) is 1. The highest BCUT2D eigenvalue weighted by atomic mass is 32.2. The van der Waals surface area contributed by atoms with Gasteiger partial charge in [0.2, 0.25) is 0 Å². The molecule has 1 saturated heterocycles. The van der Waals surface area contributed by atoms with E-state index in [2.05, 4.69) is 11.9 Å². The van der Waals surface area contributed by atoms with Crippen molar-refractivity contribution < 1.29 is 4.74 Å². The molecule has 0 saturated carbocycles. The quantitative estimate of drug-likeness (QED) is 0.610. The summed E-state index contributed by atoms with van der Waals surface area (Å²) in [6.07, 6.45) is 7.22. The Balaban J connectivity index is 1.85. The van der Waals surface area contributed by atoms with E-state index in [0.717, 1.165) is 42.7 Å². The summed E-state index contributed by atoms with van der Waals surface area (Å²) >= 11 is 1.80. The third-order valence-electron chi connectivity index (χ3n) is 4.45. The minimum atomic E-state index is 0.778. The molecule has 0 unspecified atom stereocenters. The third-order valence-corrected chi connectivity index (χ3v) is 5.37. The Labute approximate surface area is 133 Å². The molecule has 1 aliphatic heterocycles. The van der Waals surface area contributed by atoms with Gasteiger partial charge in [0.1, 0.15) is 0 Å². The second kappa shape index (κ2) is 8.64. The topological polar surface area (TPSA) is 47.6 Å². The lowest BCUT2D eigenvalue weighted by Crippen LogP contribution is -2.17. The van der Waals surface area contributed by atoms with Crippen molar-refractivity contribution in [3.05, 3.63) is 22.5 Å². The van der Waals surface area contributed by atoms with Gasteiger partial charge in [0.25, 0.3) is 0 Å². The fraction of sp³-hybridized carbons (Fsp3) is 0.706. The first-order valence-corrected chi connectivity index (χ1v) is 9.10. The molecule has 1 aliphatic carbocycles. The van der Waals surface area contributed by atoms with Gasteiger partial charge in [-0.2, -0.15) is 0 Å². The second-order valence-corrected chi connectivity index (χ2v) is 6.97. The summed E-state index contributed by atoms with van der Waals surface area (Å²) in [5.74, 6) is 1.92. The summed E-state index contributed by atoms with van der Waals surface area (Å²) in [5.41, 5.74) is 12.9. The molecule has 0 atom stereocenters. The van der Waals surface area contributed by atoms with Crippen molar-refractivity contribution in [1.82, 2.24) is 0 Å². The van der Waals surface area contributed by atoms with Crippen LogP contribution in [-0.2, 0) is 4.74 Å². The Kier molecular flexibility index (Phi) is 6.84. The molecular weight excluding hydrogens is 280 g/mol. The maximum absolute atomic E-state index is 6.29. The predicted molar refractivity (Wildman–Crippen MR) is 92.5 cm³/mol. The highest BCUT2D eigenvalue weighted by Gasteiger charge is 2.14. The van der Waals surface area contributed by atoms with Gasteiger partial charge in [-0.1, -0.05) is 5.57 Å². The number of hydrogen-bond acceptors (Lipinski definition) is 4. The van der Waals surface area contributed by atoms with Crippen LogP contribution in [0.1, 0.15) is 52.4 Å². The molecule has 0 aromatic heterocycles. The first-order chi connectivity index (χ1) is 10.2. The Morgan fingerprint density at radius 3 is 2.76 bits per heavy atom. The highest BCUT2D eigenvalue weighted by molar-refractivity contribution is 8.12. The minimum Gasteiger partial charge on any atom is -0.397 e. The van der Waals surface area contributed by atoms with Crippen molar-refractivity contribution in [3.8, 4) is 0 Å². The van der Waals surface area contributed by atoms with E-state index in [1.54, 1.807) is 11.8 Å². The lowest BCUT2D eigenvalue weighted by Gasteiger charge is -2.20. The summed E-state index contributed by atoms with van der Waals surface area (Å²) in [4.78, 5) is 4.55. The van der Waals surface area contributed by atoms with Gasteiger partial charge in [-0.05, 0) is 63.9 Å². The molecule has 0 aromatic rings. The first kappa shape index (κ1) is 16.6. The zero-order chi connectivity index (χ0) is 15.1. The van der Waals surface area contributed by atoms with Crippen LogP contribution in [0.15, 0.2) is 27.5 Å². The molecule has 0 spiro atoms. The number of hydrogen-bond donors (Lipinski definition) is 1. The summed E-state index contributed by atoms with van der Waals surface area (Å²) in [5, 5.41) is 0. The van der Waals surface area contributed by atoms with Gasteiger partial charge >= 0.3 is 0 Å². The summed E-state index contributed by atoms with van der Waals surface area (Å²) in [6.45, 7) is 6.07. The van der Waals surface area contributed by atoms with Crippen molar-refractivity contribution in [1.29, 1.82) is 0 Å². The Morgan fingerprint density at radius 2 is 2.05 bits per heavy atom. The van der Waals surface area contributed by atoms with E-state index in [0.29, 0.717) is 0 Å². The van der Waals surface area contributed by atoms with Crippen LogP contribution in [0.5, 0.6) is 0 Å². The van der Waals surface area contributed by atoms with Crippen molar-refractivity contribution in [2.24, 2.45) is 16.6 Å². The second-order valence-electron chi connectivity index (χ2n) is 6.09. The zero-order valence-electron chi connectivity index (χ0n) is 13.4. The molecule has 1 heterocycles. The smallest absolute Gasteiger partial charge is 0.0610 e. The van der Waals surface area contributed by atoms with Crippen molar-refractivity contribution in [2.75, 3.05) is 19.0 Å². The molecular formula is C17H28N2OS. The normalized spacial score (nSPS) is 22.8. The summed E-state index contributed by atoms with van der Waals surface area (Å²) in [6, 6.07) is 0. The molecule has 4 heteroatoms. The number of nitrogens with two attached hydrogens (primary N) is 1. The Hall–Kier alpha value is -0.740. The average molecular weight is 308 g/mol. The van der Waals surface area contributed by atoms with Crippen LogP contribution in [0.25, 0.3) is 0 Å². The molecule has 2 N–H and O–H groups in total. The van der Waals surface area contributed by atoms with E-state index in [4.69, 9.17) is 10.5 Å². The van der Waals surface area contributed by atoms with Crippen LogP contribution in [0.4, 0.5) is 0 Å². The first-order valence-electron chi connectivity index (χ1n) is 8.05. The molecule has 0 aromatic carbocycles. The predicted octanol–water partition coefficient (Wildman–Crippen LogP) is 4.26. The van der Waals surface area contributed by atoms with Crippen LogP contribution in [0, 0.1) is 5.92 Å². The van der Waals surface area contributed by atoms with Gasteiger partial charge in [-0.15, -0.1) is 11.8 Å². The number of allylic oxidation sites excluding steroid dienone is 3. The van der Waals surface area contributed by atoms with E-state index >= 15 is 0 Å². The van der Waals surface area contributed by atoms with Crippen LogP contribution >= 0.6 is 11.8 Å². The van der Waals surface area contributed by atoms with Crippen molar-refractivity contribution in [3.63, 3.8) is 0 Å². The molecule has 2 rings (SSSR count). The van der Waals surface area contributed by atoms with E-state index in [1.165, 1.54) is 43.3 Å². The van der Waals surface area contributed by atoms with Gasteiger partial charge in [0.15, 0.2) is 0 Å². The largest absolute Gasteiger partial charge is 0.397 e. The van der Waals surface area contributed by atoms with E-state index in [9.17, 15) is 0 Å². The van der Waals surface area contributed by atoms with Gasteiger partial charge in [0, 0.05) is 19.0 Å². The van der Waals surface area contributed by atoms with Crippen LogP contribution in [0.3, 0.4) is 0 Å². The zero-order valence-corrected chi connectivity index (χ0v) is 14.2. The monoisotopic (exact) mass is 308 g/mol. The molecule has 118 valence electrons. The maximum Gasteiger partial charge on any atom is 0.0610 e. The summed E-state index contributed by atoms with van der Waals surface area (Å²) in [7, 11) is 0. The molecule has 1 fully saturated rings. The molecule has 21 heavy (non-hydrogen) atoms. The lowest BCUT2D eigenvalue weighted by molar-refractivity contribution is 0.0728. The number of rotatable bonds is 5. The van der Waals surface area contributed by atoms with E-state index in [1.807, 2.05) is 12.5 Å².